The standard InChI is InChI=1S/C23H30N2O4S/c1-18-9-6-7-14-22(18)29-16-15-24-23(26)19-10-8-13-21(17-19)30(27,28)25(2)20-11-4-3-5-12-20/h3-5,8,10-13,17-18,22H,6-7,9,14-16H2,1-2H3,(H,24,26). The fourth-order valence-corrected chi connectivity index (χ4v) is 4.98. The van der Waals surface area contributed by atoms with Crippen molar-refractivity contribution in [2.24, 2.45) is 5.92 Å². The third-order valence-corrected chi connectivity index (χ3v) is 7.41. The third kappa shape index (κ3) is 5.40. The van der Waals surface area contributed by atoms with Gasteiger partial charge in [0, 0.05) is 19.2 Å². The lowest BCUT2D eigenvalue weighted by atomic mass is 9.88. The van der Waals surface area contributed by atoms with Gasteiger partial charge in [-0.25, -0.2) is 8.42 Å². The van der Waals surface area contributed by atoms with E-state index in [4.69, 9.17) is 4.74 Å². The highest BCUT2D eigenvalue weighted by Crippen LogP contribution is 2.26. The van der Waals surface area contributed by atoms with E-state index in [-0.39, 0.29) is 16.9 Å². The van der Waals surface area contributed by atoms with Gasteiger partial charge in [-0.3, -0.25) is 9.10 Å². The van der Waals surface area contributed by atoms with Crippen molar-refractivity contribution in [3.63, 3.8) is 0 Å². The van der Waals surface area contributed by atoms with Crippen molar-refractivity contribution in [1.29, 1.82) is 0 Å². The summed E-state index contributed by atoms with van der Waals surface area (Å²) in [5.74, 6) is 0.243. The van der Waals surface area contributed by atoms with Gasteiger partial charge < -0.3 is 10.1 Å². The molecule has 7 heteroatoms. The number of para-hydroxylation sites is 1. The quantitative estimate of drug-likeness (QED) is 0.646. The smallest absolute Gasteiger partial charge is 0.264 e. The molecule has 1 saturated carbocycles. The predicted octanol–water partition coefficient (Wildman–Crippen LogP) is 3.84. The van der Waals surface area contributed by atoms with Crippen LogP contribution in [0.4, 0.5) is 5.69 Å². The molecule has 2 aromatic rings. The number of anilines is 1. The molecular formula is C23H30N2O4S. The summed E-state index contributed by atoms with van der Waals surface area (Å²) in [5, 5.41) is 2.82. The summed E-state index contributed by atoms with van der Waals surface area (Å²) < 4.78 is 33.0. The molecule has 0 bridgehead atoms. The van der Waals surface area contributed by atoms with E-state index in [9.17, 15) is 13.2 Å². The van der Waals surface area contributed by atoms with Crippen molar-refractivity contribution in [1.82, 2.24) is 5.32 Å². The average Bonchev–Trinajstić information content (AvgIpc) is 2.77. The molecule has 0 aromatic heterocycles. The Hall–Kier alpha value is -2.38. The monoisotopic (exact) mass is 430 g/mol. The number of amides is 1. The number of rotatable bonds is 8. The molecule has 0 radical (unpaired) electrons. The molecular weight excluding hydrogens is 400 g/mol. The van der Waals surface area contributed by atoms with Crippen LogP contribution in [0.15, 0.2) is 59.5 Å². The van der Waals surface area contributed by atoms with Crippen LogP contribution in [0.2, 0.25) is 0 Å². The normalized spacial score (nSPS) is 19.3. The molecule has 2 atom stereocenters. The Bertz CT molecular complexity index is 947. The summed E-state index contributed by atoms with van der Waals surface area (Å²) in [7, 11) is -2.26. The fraction of sp³-hybridized carbons (Fsp3) is 0.435. The Labute approximate surface area is 179 Å². The highest BCUT2D eigenvalue weighted by atomic mass is 32.2. The molecule has 2 unspecified atom stereocenters. The topological polar surface area (TPSA) is 75.7 Å². The average molecular weight is 431 g/mol. The largest absolute Gasteiger partial charge is 0.376 e. The first kappa shape index (κ1) is 22.3. The van der Waals surface area contributed by atoms with E-state index in [1.165, 1.54) is 42.7 Å². The number of ether oxygens (including phenoxy) is 1. The lowest BCUT2D eigenvalue weighted by molar-refractivity contribution is -0.00293. The molecule has 0 saturated heterocycles. The van der Waals surface area contributed by atoms with E-state index in [2.05, 4.69) is 12.2 Å². The molecule has 162 valence electrons. The summed E-state index contributed by atoms with van der Waals surface area (Å²) in [6.07, 6.45) is 4.98. The summed E-state index contributed by atoms with van der Waals surface area (Å²) in [4.78, 5) is 12.6. The number of nitrogens with zero attached hydrogens (tertiary/aromatic N) is 1. The van der Waals surface area contributed by atoms with Gasteiger partial charge in [-0.1, -0.05) is 44.0 Å². The number of sulfonamides is 1. The van der Waals surface area contributed by atoms with Crippen molar-refractivity contribution < 1.29 is 17.9 Å². The van der Waals surface area contributed by atoms with E-state index in [0.717, 1.165) is 6.42 Å². The number of hydrogen-bond donors (Lipinski definition) is 1. The molecule has 6 nitrogen and oxygen atoms in total. The summed E-state index contributed by atoms with van der Waals surface area (Å²) >= 11 is 0. The highest BCUT2D eigenvalue weighted by molar-refractivity contribution is 7.92. The lowest BCUT2D eigenvalue weighted by Gasteiger charge is -2.28. The van der Waals surface area contributed by atoms with Crippen LogP contribution in [0.1, 0.15) is 43.0 Å². The van der Waals surface area contributed by atoms with E-state index in [0.29, 0.717) is 30.3 Å². The number of nitrogens with one attached hydrogen (secondary N) is 1. The van der Waals surface area contributed by atoms with Crippen LogP contribution >= 0.6 is 0 Å². The molecule has 1 fully saturated rings. The molecule has 2 aromatic carbocycles. The van der Waals surface area contributed by atoms with E-state index in [1.54, 1.807) is 36.4 Å². The van der Waals surface area contributed by atoms with Crippen LogP contribution < -0.4 is 9.62 Å². The Morgan fingerprint density at radius 1 is 1.10 bits per heavy atom. The summed E-state index contributed by atoms with van der Waals surface area (Å²) in [6, 6.07) is 14.9. The van der Waals surface area contributed by atoms with Crippen LogP contribution in [0.5, 0.6) is 0 Å². The Balaban J connectivity index is 1.59. The summed E-state index contributed by atoms with van der Waals surface area (Å²) in [5.41, 5.74) is 0.866. The van der Waals surface area contributed by atoms with Crippen molar-refractivity contribution >= 4 is 21.6 Å². The Morgan fingerprint density at radius 3 is 2.57 bits per heavy atom. The van der Waals surface area contributed by atoms with Crippen LogP contribution in [0.25, 0.3) is 0 Å². The van der Waals surface area contributed by atoms with Gasteiger partial charge >= 0.3 is 0 Å². The number of carbonyl (C=O) groups excluding carboxylic acids is 1. The number of carbonyl (C=O) groups is 1. The minimum absolute atomic E-state index is 0.0776. The van der Waals surface area contributed by atoms with E-state index in [1.807, 2.05) is 6.07 Å². The van der Waals surface area contributed by atoms with Crippen LogP contribution in [0.3, 0.4) is 0 Å². The first-order valence-corrected chi connectivity index (χ1v) is 11.9. The second kappa shape index (κ2) is 10.1. The van der Waals surface area contributed by atoms with Gasteiger partial charge in [0.25, 0.3) is 15.9 Å². The highest BCUT2D eigenvalue weighted by Gasteiger charge is 2.23. The predicted molar refractivity (Wildman–Crippen MR) is 118 cm³/mol. The van der Waals surface area contributed by atoms with Crippen molar-refractivity contribution in [3.05, 3.63) is 60.2 Å². The molecule has 0 heterocycles. The van der Waals surface area contributed by atoms with Gasteiger partial charge in [-0.2, -0.15) is 0 Å². The fourth-order valence-electron chi connectivity index (χ4n) is 3.74. The summed E-state index contributed by atoms with van der Waals surface area (Å²) in [6.45, 7) is 3.05. The first-order chi connectivity index (χ1) is 14.4. The molecule has 1 amide bonds. The van der Waals surface area contributed by atoms with Crippen LogP contribution in [-0.2, 0) is 14.8 Å². The van der Waals surface area contributed by atoms with Gasteiger partial charge in [-0.15, -0.1) is 0 Å². The van der Waals surface area contributed by atoms with Crippen LogP contribution in [0, 0.1) is 5.92 Å². The molecule has 0 spiro atoms. The van der Waals surface area contributed by atoms with E-state index < -0.39 is 10.0 Å². The molecule has 0 aliphatic heterocycles. The zero-order valence-corrected chi connectivity index (χ0v) is 18.4. The third-order valence-electron chi connectivity index (χ3n) is 5.63. The second-order valence-electron chi connectivity index (χ2n) is 7.76. The van der Waals surface area contributed by atoms with Crippen molar-refractivity contribution in [2.75, 3.05) is 24.5 Å². The Morgan fingerprint density at radius 2 is 1.83 bits per heavy atom. The first-order valence-electron chi connectivity index (χ1n) is 10.4. The molecule has 30 heavy (non-hydrogen) atoms. The zero-order valence-electron chi connectivity index (χ0n) is 17.6. The number of benzene rings is 2. The maximum absolute atomic E-state index is 12.9. The van der Waals surface area contributed by atoms with E-state index >= 15 is 0 Å². The number of hydrogen-bond acceptors (Lipinski definition) is 4. The van der Waals surface area contributed by atoms with Crippen molar-refractivity contribution in [3.8, 4) is 0 Å². The van der Waals surface area contributed by atoms with Crippen LogP contribution in [-0.4, -0.2) is 40.6 Å². The van der Waals surface area contributed by atoms with Gasteiger partial charge in [0.2, 0.25) is 0 Å². The molecule has 3 rings (SSSR count). The molecule has 1 aliphatic carbocycles. The zero-order chi connectivity index (χ0) is 21.6. The Kier molecular flexibility index (Phi) is 7.50. The molecule has 1 aliphatic rings. The maximum atomic E-state index is 12.9. The van der Waals surface area contributed by atoms with Gasteiger partial charge in [0.05, 0.1) is 23.3 Å². The van der Waals surface area contributed by atoms with Gasteiger partial charge in [0.15, 0.2) is 0 Å². The second-order valence-corrected chi connectivity index (χ2v) is 9.73. The lowest BCUT2D eigenvalue weighted by Crippen LogP contribution is -2.32. The minimum Gasteiger partial charge on any atom is -0.376 e. The SMILES string of the molecule is CC1CCCCC1OCCNC(=O)c1cccc(S(=O)(=O)N(C)c2ccccc2)c1. The minimum atomic E-state index is -3.77. The van der Waals surface area contributed by atoms with Gasteiger partial charge in [-0.05, 0) is 49.1 Å². The molecule has 1 N–H and O–H groups in total. The van der Waals surface area contributed by atoms with Gasteiger partial charge in [0.1, 0.15) is 0 Å². The van der Waals surface area contributed by atoms with Crippen molar-refractivity contribution in [2.45, 2.75) is 43.6 Å². The maximum Gasteiger partial charge on any atom is 0.264 e.